The molecule has 88 valence electrons. The summed E-state index contributed by atoms with van der Waals surface area (Å²) in [5.41, 5.74) is -0.953. The van der Waals surface area contributed by atoms with Gasteiger partial charge in [0.05, 0.1) is 6.61 Å². The molecule has 0 heterocycles. The van der Waals surface area contributed by atoms with E-state index >= 15 is 0 Å². The van der Waals surface area contributed by atoms with Crippen molar-refractivity contribution in [2.45, 2.75) is 26.4 Å². The molecule has 0 saturated carbocycles. The van der Waals surface area contributed by atoms with Gasteiger partial charge in [-0.2, -0.15) is 0 Å². The molecule has 0 fully saturated rings. The van der Waals surface area contributed by atoms with Gasteiger partial charge >= 0.3 is 29.6 Å². The van der Waals surface area contributed by atoms with Gasteiger partial charge in [-0.05, 0) is 0 Å². The second-order valence-electron chi connectivity index (χ2n) is 3.96. The van der Waals surface area contributed by atoms with Crippen molar-refractivity contribution in [3.63, 3.8) is 0 Å². The summed E-state index contributed by atoms with van der Waals surface area (Å²) in [5, 5.41) is 30.6. The molecule has 1 atom stereocenters. The number of amides is 1. The Balaban J connectivity index is 0. The number of aliphatic hydroxyl groups excluding tert-OH is 2. The van der Waals surface area contributed by atoms with Crippen LogP contribution in [-0.2, 0) is 9.59 Å². The number of carbonyl (C=O) groups is 2. The SMILES string of the molecule is CC(C)(CO)C(O)C(=O)NCCC(=O)[O-].[Na+]. The summed E-state index contributed by atoms with van der Waals surface area (Å²) < 4.78 is 0. The van der Waals surface area contributed by atoms with Gasteiger partial charge in [0, 0.05) is 24.3 Å². The number of aliphatic carboxylic acids is 1. The standard InChI is InChI=1S/C9H17NO5.Na/c1-9(2,5-11)7(14)8(15)10-4-3-6(12)13;/h7,11,14H,3-5H2,1-2H3,(H,10,15)(H,12,13);/q;+1/p-1. The molecule has 0 spiro atoms. The first-order valence-electron chi connectivity index (χ1n) is 4.57. The molecule has 0 aromatic rings. The van der Waals surface area contributed by atoms with Gasteiger partial charge in [-0.1, -0.05) is 13.8 Å². The molecule has 0 radical (unpaired) electrons. The summed E-state index contributed by atoms with van der Waals surface area (Å²) in [5.74, 6) is -1.97. The number of hydrogen-bond acceptors (Lipinski definition) is 5. The van der Waals surface area contributed by atoms with E-state index in [2.05, 4.69) is 5.32 Å². The second kappa shape index (κ2) is 8.03. The molecule has 16 heavy (non-hydrogen) atoms. The van der Waals surface area contributed by atoms with E-state index < -0.39 is 23.4 Å². The Morgan fingerprint density at radius 3 is 2.31 bits per heavy atom. The number of rotatable bonds is 6. The Hall–Kier alpha value is -0.140. The minimum atomic E-state index is -1.37. The van der Waals surface area contributed by atoms with Gasteiger partial charge in [0.25, 0.3) is 0 Å². The van der Waals surface area contributed by atoms with Gasteiger partial charge in [0.1, 0.15) is 6.10 Å². The molecule has 1 unspecified atom stereocenters. The fourth-order valence-corrected chi connectivity index (χ4v) is 0.826. The smallest absolute Gasteiger partial charge is 0.550 e. The summed E-state index contributed by atoms with van der Waals surface area (Å²) in [6, 6.07) is 0. The fraction of sp³-hybridized carbons (Fsp3) is 0.778. The van der Waals surface area contributed by atoms with Crippen LogP contribution in [0.4, 0.5) is 0 Å². The van der Waals surface area contributed by atoms with E-state index in [0.29, 0.717) is 0 Å². The molecule has 7 heteroatoms. The van der Waals surface area contributed by atoms with Crippen molar-refractivity contribution < 1.29 is 54.5 Å². The summed E-state index contributed by atoms with van der Waals surface area (Å²) in [7, 11) is 0. The van der Waals surface area contributed by atoms with Crippen LogP contribution >= 0.6 is 0 Å². The normalized spacial score (nSPS) is 12.5. The number of nitrogens with one attached hydrogen (secondary N) is 1. The quantitative estimate of drug-likeness (QED) is 0.402. The van der Waals surface area contributed by atoms with Crippen LogP contribution in [0.15, 0.2) is 0 Å². The molecule has 1 amide bonds. The number of carbonyl (C=O) groups excluding carboxylic acids is 2. The Kier molecular flexibility index (Phi) is 9.14. The minimum Gasteiger partial charge on any atom is -0.550 e. The van der Waals surface area contributed by atoms with Crippen molar-refractivity contribution in [3.05, 3.63) is 0 Å². The Bertz CT molecular complexity index is 244. The number of aliphatic hydroxyl groups is 2. The van der Waals surface area contributed by atoms with Crippen LogP contribution in [-0.4, -0.2) is 41.3 Å². The number of hydrogen-bond donors (Lipinski definition) is 3. The maximum Gasteiger partial charge on any atom is 1.00 e. The van der Waals surface area contributed by atoms with Crippen molar-refractivity contribution in [3.8, 4) is 0 Å². The van der Waals surface area contributed by atoms with Crippen LogP contribution in [0.3, 0.4) is 0 Å². The molecule has 0 aromatic heterocycles. The predicted octanol–water partition coefficient (Wildman–Crippen LogP) is -5.37. The molecule has 0 aliphatic heterocycles. The van der Waals surface area contributed by atoms with Crippen LogP contribution in [0.1, 0.15) is 20.3 Å². The maximum atomic E-state index is 11.2. The molecule has 0 aromatic carbocycles. The zero-order valence-corrected chi connectivity index (χ0v) is 11.8. The van der Waals surface area contributed by atoms with E-state index in [1.54, 1.807) is 0 Å². The van der Waals surface area contributed by atoms with Gasteiger partial charge in [0.2, 0.25) is 5.91 Å². The predicted molar refractivity (Wildman–Crippen MR) is 49.5 cm³/mol. The van der Waals surface area contributed by atoms with E-state index in [-0.39, 0.29) is 49.1 Å². The Labute approximate surface area is 116 Å². The van der Waals surface area contributed by atoms with Crippen LogP contribution < -0.4 is 40.0 Å². The van der Waals surface area contributed by atoms with Crippen LogP contribution in [0, 0.1) is 5.41 Å². The van der Waals surface area contributed by atoms with Crippen molar-refractivity contribution in [2.75, 3.05) is 13.2 Å². The average molecular weight is 241 g/mol. The Morgan fingerprint density at radius 1 is 1.44 bits per heavy atom. The van der Waals surface area contributed by atoms with Crippen LogP contribution in [0.5, 0.6) is 0 Å². The summed E-state index contributed by atoms with van der Waals surface area (Å²) in [4.78, 5) is 21.3. The van der Waals surface area contributed by atoms with Crippen LogP contribution in [0.25, 0.3) is 0 Å². The van der Waals surface area contributed by atoms with Gasteiger partial charge in [0.15, 0.2) is 0 Å². The van der Waals surface area contributed by atoms with E-state index in [1.165, 1.54) is 13.8 Å². The van der Waals surface area contributed by atoms with Crippen LogP contribution in [0.2, 0.25) is 0 Å². The molecule has 3 N–H and O–H groups in total. The van der Waals surface area contributed by atoms with Crippen molar-refractivity contribution in [1.29, 1.82) is 0 Å². The maximum absolute atomic E-state index is 11.2. The van der Waals surface area contributed by atoms with Gasteiger partial charge in [-0.15, -0.1) is 0 Å². The van der Waals surface area contributed by atoms with E-state index in [0.717, 1.165) is 0 Å². The van der Waals surface area contributed by atoms with Gasteiger partial charge in [-0.25, -0.2) is 0 Å². The average Bonchev–Trinajstić information content (AvgIpc) is 2.15. The minimum absolute atomic E-state index is 0. The number of carboxylic acids is 1. The molecule has 0 aliphatic rings. The first kappa shape index (κ1) is 18.2. The largest absolute Gasteiger partial charge is 1.00 e. The molecular formula is C9H16NNaO5. The summed E-state index contributed by atoms with van der Waals surface area (Å²) >= 11 is 0. The molecule has 0 rings (SSSR count). The van der Waals surface area contributed by atoms with E-state index in [1.807, 2.05) is 0 Å². The van der Waals surface area contributed by atoms with E-state index in [9.17, 15) is 19.8 Å². The fourth-order valence-electron chi connectivity index (χ4n) is 0.826. The topological polar surface area (TPSA) is 110 Å². The van der Waals surface area contributed by atoms with E-state index in [4.69, 9.17) is 5.11 Å². The van der Waals surface area contributed by atoms with Crippen molar-refractivity contribution >= 4 is 11.9 Å². The zero-order valence-electron chi connectivity index (χ0n) is 9.82. The Morgan fingerprint density at radius 2 is 1.94 bits per heavy atom. The third-order valence-corrected chi connectivity index (χ3v) is 2.02. The summed E-state index contributed by atoms with van der Waals surface area (Å²) in [6.07, 6.45) is -1.68. The first-order valence-corrected chi connectivity index (χ1v) is 4.57. The monoisotopic (exact) mass is 241 g/mol. The molecule has 0 bridgehead atoms. The van der Waals surface area contributed by atoms with Crippen molar-refractivity contribution in [2.24, 2.45) is 5.41 Å². The third kappa shape index (κ3) is 6.44. The van der Waals surface area contributed by atoms with Gasteiger partial charge < -0.3 is 25.4 Å². The summed E-state index contributed by atoms with van der Waals surface area (Å²) in [6.45, 7) is 2.60. The molecular weight excluding hydrogens is 225 g/mol. The molecule has 0 saturated heterocycles. The van der Waals surface area contributed by atoms with Crippen molar-refractivity contribution in [1.82, 2.24) is 5.32 Å². The number of carboxylic acid groups (broad SMARTS) is 1. The van der Waals surface area contributed by atoms with Gasteiger partial charge in [-0.3, -0.25) is 4.79 Å². The molecule has 0 aliphatic carbocycles. The second-order valence-corrected chi connectivity index (χ2v) is 3.96. The molecule has 6 nitrogen and oxygen atoms in total. The zero-order chi connectivity index (χ0) is 12.1. The third-order valence-electron chi connectivity index (χ3n) is 2.02. The first-order chi connectivity index (χ1) is 6.81.